The van der Waals surface area contributed by atoms with E-state index in [2.05, 4.69) is 38.4 Å². The van der Waals surface area contributed by atoms with Crippen LogP contribution in [-0.2, 0) is 9.53 Å². The van der Waals surface area contributed by atoms with Crippen LogP contribution in [0.3, 0.4) is 0 Å². The third-order valence-corrected chi connectivity index (χ3v) is 6.79. The first kappa shape index (κ1) is 23.6. The maximum Gasteiger partial charge on any atom is 0.255 e. The number of likely N-dealkylation sites (tertiary alicyclic amines) is 1. The van der Waals surface area contributed by atoms with Crippen molar-refractivity contribution >= 4 is 28.7 Å². The molecule has 2 amide bonds. The first-order chi connectivity index (χ1) is 17.4. The Morgan fingerprint density at radius 2 is 2.11 bits per heavy atom. The number of nitrogens with one attached hydrogen (secondary N) is 1. The molecule has 1 aliphatic heterocycles. The highest BCUT2D eigenvalue weighted by Crippen LogP contribution is 2.37. The molecule has 3 N–H and O–H groups in total. The number of methoxy groups -OCH3 is 1. The van der Waals surface area contributed by atoms with Crippen LogP contribution in [0.2, 0.25) is 0 Å². The molecule has 0 radical (unpaired) electrons. The molecular weight excluding hydrogens is 458 g/mol. The molecule has 2 aliphatic rings. The summed E-state index contributed by atoms with van der Waals surface area (Å²) in [5.41, 5.74) is 8.99. The van der Waals surface area contributed by atoms with E-state index < -0.39 is 5.91 Å². The van der Waals surface area contributed by atoms with Gasteiger partial charge in [-0.2, -0.15) is 5.10 Å². The van der Waals surface area contributed by atoms with Crippen molar-refractivity contribution in [2.45, 2.75) is 37.4 Å². The number of aromatic nitrogens is 4. The first-order valence-electron chi connectivity index (χ1n) is 12.0. The zero-order chi connectivity index (χ0) is 25.4. The highest BCUT2D eigenvalue weighted by molar-refractivity contribution is 6.00. The normalized spacial score (nSPS) is 19.2. The highest BCUT2D eigenvalue weighted by Gasteiger charge is 2.37. The van der Waals surface area contributed by atoms with Gasteiger partial charge in [-0.25, -0.2) is 9.67 Å². The highest BCUT2D eigenvalue weighted by atomic mass is 16.5. The Bertz CT molecular complexity index is 1410. The molecule has 1 aromatic carbocycles. The Labute approximate surface area is 209 Å². The van der Waals surface area contributed by atoms with Crippen LogP contribution in [-0.4, -0.2) is 69.4 Å². The topological polar surface area (TPSA) is 120 Å². The van der Waals surface area contributed by atoms with Gasteiger partial charge in [-0.15, -0.1) is 0 Å². The number of imidazole rings is 1. The third kappa shape index (κ3) is 4.22. The van der Waals surface area contributed by atoms with Crippen molar-refractivity contribution in [3.63, 3.8) is 0 Å². The smallest absolute Gasteiger partial charge is 0.255 e. The van der Waals surface area contributed by atoms with Gasteiger partial charge in [0, 0.05) is 32.3 Å². The number of hydrogen-bond donors (Lipinski definition) is 2. The molecule has 2 fully saturated rings. The maximum atomic E-state index is 12.4. The van der Waals surface area contributed by atoms with Crippen molar-refractivity contribution in [1.82, 2.24) is 24.2 Å². The molecule has 186 valence electrons. The van der Waals surface area contributed by atoms with Gasteiger partial charge < -0.3 is 25.3 Å². The maximum absolute atomic E-state index is 12.4. The summed E-state index contributed by atoms with van der Waals surface area (Å²) in [6, 6.07) is 6.14. The van der Waals surface area contributed by atoms with Crippen LogP contribution in [0.1, 0.15) is 53.0 Å². The number of ether oxygens (including phenoxy) is 1. The van der Waals surface area contributed by atoms with Crippen LogP contribution < -0.4 is 11.1 Å². The third-order valence-electron chi connectivity index (χ3n) is 6.79. The number of fused-ring (bicyclic) bond motifs is 1. The van der Waals surface area contributed by atoms with Gasteiger partial charge in [0.1, 0.15) is 11.4 Å². The van der Waals surface area contributed by atoms with Crippen LogP contribution in [0.4, 0.5) is 5.82 Å². The summed E-state index contributed by atoms with van der Waals surface area (Å²) >= 11 is 0. The lowest BCUT2D eigenvalue weighted by molar-refractivity contribution is -0.127. The standard InChI is InChI=1S/C26H29N7O3/c1-4-23(34)31-13-18(12-19(31)14-36-3)33-26(28-2)24(25(27)35)20(30-33)9-5-16-6-10-22-21(11-16)29-15-32(22)17-7-8-17/h4,6,10-11,15,17-19,28H,1,7-8,12-14H2,2-3H3,(H2,27,35)/t18-,19+/m0/s1. The minimum Gasteiger partial charge on any atom is -0.383 e. The van der Waals surface area contributed by atoms with Crippen molar-refractivity contribution in [3.05, 3.63) is 54.0 Å². The van der Waals surface area contributed by atoms with E-state index in [-0.39, 0.29) is 29.2 Å². The van der Waals surface area contributed by atoms with Crippen LogP contribution in [0.25, 0.3) is 11.0 Å². The number of nitrogens with zero attached hydrogens (tertiary/aromatic N) is 5. The van der Waals surface area contributed by atoms with Crippen LogP contribution >= 0.6 is 0 Å². The summed E-state index contributed by atoms with van der Waals surface area (Å²) in [6.45, 7) is 4.40. The second-order valence-electron chi connectivity index (χ2n) is 9.16. The fourth-order valence-corrected chi connectivity index (χ4v) is 4.95. The Hall–Kier alpha value is -4.10. The summed E-state index contributed by atoms with van der Waals surface area (Å²) in [5.74, 6) is 5.83. The zero-order valence-corrected chi connectivity index (χ0v) is 20.4. The summed E-state index contributed by atoms with van der Waals surface area (Å²) in [4.78, 5) is 31.1. The van der Waals surface area contributed by atoms with E-state index in [9.17, 15) is 9.59 Å². The van der Waals surface area contributed by atoms with Crippen molar-refractivity contribution in [3.8, 4) is 11.8 Å². The number of anilines is 1. The van der Waals surface area contributed by atoms with Gasteiger partial charge in [-0.1, -0.05) is 12.5 Å². The lowest BCUT2D eigenvalue weighted by Crippen LogP contribution is -2.37. The average Bonchev–Trinajstić information content (AvgIpc) is 3.33. The molecule has 0 spiro atoms. The molecule has 0 unspecified atom stereocenters. The molecule has 5 rings (SSSR count). The fourth-order valence-electron chi connectivity index (χ4n) is 4.95. The van der Waals surface area contributed by atoms with E-state index in [1.807, 2.05) is 24.5 Å². The molecule has 10 nitrogen and oxygen atoms in total. The molecule has 3 heterocycles. The van der Waals surface area contributed by atoms with Gasteiger partial charge in [0.05, 0.1) is 36.1 Å². The van der Waals surface area contributed by atoms with E-state index in [1.54, 1.807) is 23.7 Å². The minimum atomic E-state index is -0.626. The van der Waals surface area contributed by atoms with E-state index in [4.69, 9.17) is 10.5 Å². The molecule has 10 heteroatoms. The minimum absolute atomic E-state index is 0.131. The van der Waals surface area contributed by atoms with Crippen molar-refractivity contribution in [2.75, 3.05) is 32.6 Å². The molecule has 1 aliphatic carbocycles. The lowest BCUT2D eigenvalue weighted by Gasteiger charge is -2.22. The second kappa shape index (κ2) is 9.51. The first-order valence-corrected chi connectivity index (χ1v) is 12.0. The summed E-state index contributed by atoms with van der Waals surface area (Å²) in [6.07, 6.45) is 6.15. The number of rotatable bonds is 7. The molecule has 1 saturated carbocycles. The van der Waals surface area contributed by atoms with Gasteiger partial charge in [-0.3, -0.25) is 9.59 Å². The fraction of sp³-hybridized carbons (Fsp3) is 0.385. The number of primary amides is 1. The number of nitrogens with two attached hydrogens (primary N) is 1. The summed E-state index contributed by atoms with van der Waals surface area (Å²) in [7, 11) is 3.30. The Balaban J connectivity index is 1.49. The number of carbonyl (C=O) groups excluding carboxylic acids is 2. The summed E-state index contributed by atoms with van der Waals surface area (Å²) in [5, 5.41) is 7.72. The number of carbonyl (C=O) groups is 2. The van der Waals surface area contributed by atoms with E-state index in [1.165, 1.54) is 18.9 Å². The van der Waals surface area contributed by atoms with Crippen molar-refractivity contribution in [1.29, 1.82) is 0 Å². The number of benzene rings is 1. The van der Waals surface area contributed by atoms with E-state index in [0.717, 1.165) is 16.6 Å². The van der Waals surface area contributed by atoms with Crippen molar-refractivity contribution < 1.29 is 14.3 Å². The van der Waals surface area contributed by atoms with Gasteiger partial charge in [0.15, 0.2) is 5.69 Å². The van der Waals surface area contributed by atoms with E-state index in [0.29, 0.717) is 31.4 Å². The Morgan fingerprint density at radius 1 is 1.31 bits per heavy atom. The average molecular weight is 488 g/mol. The van der Waals surface area contributed by atoms with Gasteiger partial charge in [0.2, 0.25) is 5.91 Å². The molecule has 3 aromatic rings. The van der Waals surface area contributed by atoms with Gasteiger partial charge >= 0.3 is 0 Å². The molecule has 2 atom stereocenters. The van der Waals surface area contributed by atoms with Crippen molar-refractivity contribution in [2.24, 2.45) is 5.73 Å². The quantitative estimate of drug-likeness (QED) is 0.389. The monoisotopic (exact) mass is 487 g/mol. The Morgan fingerprint density at radius 3 is 2.78 bits per heavy atom. The lowest BCUT2D eigenvalue weighted by atomic mass is 10.1. The predicted molar refractivity (Wildman–Crippen MR) is 136 cm³/mol. The summed E-state index contributed by atoms with van der Waals surface area (Å²) < 4.78 is 9.24. The molecule has 36 heavy (non-hydrogen) atoms. The molecular formula is C26H29N7O3. The van der Waals surface area contributed by atoms with Gasteiger partial charge in [-0.05, 0) is 49.5 Å². The van der Waals surface area contributed by atoms with Crippen LogP contribution in [0.5, 0.6) is 0 Å². The van der Waals surface area contributed by atoms with Crippen LogP contribution in [0.15, 0.2) is 37.2 Å². The van der Waals surface area contributed by atoms with Crippen LogP contribution in [0, 0.1) is 11.8 Å². The largest absolute Gasteiger partial charge is 0.383 e. The Kier molecular flexibility index (Phi) is 6.24. The molecule has 2 aromatic heterocycles. The predicted octanol–water partition coefficient (Wildman–Crippen LogP) is 2.08. The molecule has 0 bridgehead atoms. The van der Waals surface area contributed by atoms with Gasteiger partial charge in [0.25, 0.3) is 5.91 Å². The zero-order valence-electron chi connectivity index (χ0n) is 20.4. The second-order valence-corrected chi connectivity index (χ2v) is 9.16. The SMILES string of the molecule is C=CC(=O)N1C[C@@H](n2nc(C#Cc3ccc4c(c3)ncn4C3CC3)c(C(N)=O)c2NC)C[C@@H]1COC. The number of amides is 2. The molecule has 1 saturated heterocycles. The van der Waals surface area contributed by atoms with E-state index >= 15 is 0 Å². The number of hydrogen-bond acceptors (Lipinski definition) is 6.